The van der Waals surface area contributed by atoms with Gasteiger partial charge in [0.1, 0.15) is 0 Å². The summed E-state index contributed by atoms with van der Waals surface area (Å²) in [4.78, 5) is 38.8. The van der Waals surface area contributed by atoms with E-state index in [0.29, 0.717) is 18.2 Å². The molecule has 1 fully saturated rings. The van der Waals surface area contributed by atoms with Crippen LogP contribution in [0, 0.1) is 5.41 Å². The minimum Gasteiger partial charge on any atom is -0.303 e. The monoisotopic (exact) mass is 337 g/mol. The van der Waals surface area contributed by atoms with Crippen LogP contribution in [-0.4, -0.2) is 32.3 Å². The minimum atomic E-state index is -4.64. The van der Waals surface area contributed by atoms with Crippen LogP contribution in [-0.2, 0) is 20.7 Å². The molecule has 0 radical (unpaired) electrons. The van der Waals surface area contributed by atoms with Crippen LogP contribution in [0.3, 0.4) is 0 Å². The molecule has 3 N–H and O–H groups in total. The molecule has 118 valence electrons. The van der Waals surface area contributed by atoms with Crippen LogP contribution in [0.5, 0.6) is 0 Å². The third-order valence-corrected chi connectivity index (χ3v) is 3.03. The summed E-state index contributed by atoms with van der Waals surface area (Å²) in [5.41, 5.74) is 0.469. The maximum absolute atomic E-state index is 11.9. The predicted octanol–water partition coefficient (Wildman–Crippen LogP) is 1.71. The van der Waals surface area contributed by atoms with Gasteiger partial charge in [0, 0.05) is 5.02 Å². The van der Waals surface area contributed by atoms with Gasteiger partial charge in [0.15, 0.2) is 0 Å². The molecule has 1 aliphatic rings. The summed E-state index contributed by atoms with van der Waals surface area (Å²) in [6.07, 6.45) is 0. The number of hydrogen-bond donors (Lipinski definition) is 3. The number of halogens is 1. The lowest BCUT2D eigenvalue weighted by atomic mass is 9.95. The Hall–Kier alpha value is -0.950. The van der Waals surface area contributed by atoms with Crippen molar-refractivity contribution in [2.45, 2.75) is 20.4 Å². The van der Waals surface area contributed by atoms with E-state index in [2.05, 4.69) is 0 Å². The van der Waals surface area contributed by atoms with Gasteiger partial charge in [-0.2, -0.15) is 0 Å². The Balaban J connectivity index is 0.000000383. The largest absolute Gasteiger partial charge is 0.466 e. The normalized spacial score (nSPS) is 17.4. The summed E-state index contributed by atoms with van der Waals surface area (Å²) in [5.74, 6) is 0.00687. The summed E-state index contributed by atoms with van der Waals surface area (Å²) >= 11 is 6.03. The Morgan fingerprint density at radius 2 is 1.86 bits per heavy atom. The first-order valence-corrected chi connectivity index (χ1v) is 7.91. The zero-order valence-electron chi connectivity index (χ0n) is 11.6. The van der Waals surface area contributed by atoms with Gasteiger partial charge in [0.25, 0.3) is 5.91 Å². The summed E-state index contributed by atoms with van der Waals surface area (Å²) in [6, 6.07) is 7.46. The molecule has 0 saturated carbocycles. The van der Waals surface area contributed by atoms with Crippen LogP contribution in [0.4, 0.5) is 0 Å². The molecule has 1 saturated heterocycles. The minimum absolute atomic E-state index is 0.00687. The highest BCUT2D eigenvalue weighted by molar-refractivity contribution is 7.45. The van der Waals surface area contributed by atoms with Crippen molar-refractivity contribution in [2.75, 3.05) is 6.61 Å². The van der Waals surface area contributed by atoms with Crippen LogP contribution >= 0.6 is 19.4 Å². The highest BCUT2D eigenvalue weighted by Crippen LogP contribution is 2.29. The molecule has 0 bridgehead atoms. The molecule has 9 heteroatoms. The second-order valence-electron chi connectivity index (χ2n) is 5.10. The average Bonchev–Trinajstić information content (AvgIpc) is 2.57. The molecule has 0 aliphatic carbocycles. The molecule has 0 aromatic heterocycles. The zero-order valence-corrected chi connectivity index (χ0v) is 13.2. The van der Waals surface area contributed by atoms with Crippen LogP contribution in [0.2, 0.25) is 5.02 Å². The lowest BCUT2D eigenvalue weighted by Crippen LogP contribution is -2.30. The fraction of sp³-hybridized carbons (Fsp3) is 0.417. The Labute approximate surface area is 127 Å². The third-order valence-electron chi connectivity index (χ3n) is 2.66. The van der Waals surface area contributed by atoms with Crippen LogP contribution < -0.4 is 0 Å². The van der Waals surface area contributed by atoms with E-state index in [1.807, 2.05) is 38.1 Å². The SMILES string of the molecule is CC1(C)CON(Cc2ccccc2Cl)C1=O.O=P(O)(O)O. The molecule has 1 aromatic rings. The van der Waals surface area contributed by atoms with Gasteiger partial charge in [0.2, 0.25) is 0 Å². The second kappa shape index (κ2) is 6.87. The Morgan fingerprint density at radius 3 is 2.29 bits per heavy atom. The van der Waals surface area contributed by atoms with E-state index in [1.165, 1.54) is 5.06 Å². The molecule has 0 atom stereocenters. The Morgan fingerprint density at radius 1 is 1.33 bits per heavy atom. The van der Waals surface area contributed by atoms with Crippen molar-refractivity contribution in [1.29, 1.82) is 0 Å². The third kappa shape index (κ3) is 6.13. The molecule has 7 nitrogen and oxygen atoms in total. The van der Waals surface area contributed by atoms with E-state index in [9.17, 15) is 4.79 Å². The maximum Gasteiger partial charge on any atom is 0.466 e. The fourth-order valence-corrected chi connectivity index (χ4v) is 1.79. The molecule has 21 heavy (non-hydrogen) atoms. The van der Waals surface area contributed by atoms with Gasteiger partial charge in [-0.1, -0.05) is 29.8 Å². The van der Waals surface area contributed by atoms with Crippen molar-refractivity contribution >= 4 is 25.3 Å². The van der Waals surface area contributed by atoms with Crippen molar-refractivity contribution in [3.8, 4) is 0 Å². The van der Waals surface area contributed by atoms with Gasteiger partial charge in [0.05, 0.1) is 18.6 Å². The van der Waals surface area contributed by atoms with Crippen molar-refractivity contribution in [3.05, 3.63) is 34.9 Å². The standard InChI is InChI=1S/C12H14ClNO2.H3O4P/c1-12(2)8-16-14(11(12)15)7-9-5-3-4-6-10(9)13;1-5(2,3)4/h3-6H,7-8H2,1-2H3;(H3,1,2,3,4). The molecular weight excluding hydrogens is 321 g/mol. The van der Waals surface area contributed by atoms with Crippen molar-refractivity contribution in [1.82, 2.24) is 5.06 Å². The van der Waals surface area contributed by atoms with E-state index in [1.54, 1.807) is 0 Å². The summed E-state index contributed by atoms with van der Waals surface area (Å²) in [6.45, 7) is 4.59. The predicted molar refractivity (Wildman–Crippen MR) is 76.0 cm³/mol. The smallest absolute Gasteiger partial charge is 0.303 e. The molecule has 1 amide bonds. The quantitative estimate of drug-likeness (QED) is 0.709. The van der Waals surface area contributed by atoms with E-state index < -0.39 is 13.2 Å². The van der Waals surface area contributed by atoms with E-state index >= 15 is 0 Å². The highest BCUT2D eigenvalue weighted by atomic mass is 35.5. The van der Waals surface area contributed by atoms with E-state index in [4.69, 9.17) is 35.7 Å². The number of carbonyl (C=O) groups is 1. The first kappa shape index (κ1) is 18.1. The Kier molecular flexibility index (Phi) is 5.92. The molecule has 1 aromatic carbocycles. The average molecular weight is 338 g/mol. The molecular formula is C12H17ClNO6P. The number of hydrogen-bond acceptors (Lipinski definition) is 3. The number of benzene rings is 1. The molecule has 1 aliphatic heterocycles. The van der Waals surface area contributed by atoms with Gasteiger partial charge >= 0.3 is 7.82 Å². The molecule has 2 rings (SSSR count). The number of rotatable bonds is 2. The summed E-state index contributed by atoms with van der Waals surface area (Å²) in [7, 11) is -4.64. The van der Waals surface area contributed by atoms with Crippen LogP contribution in [0.1, 0.15) is 19.4 Å². The van der Waals surface area contributed by atoms with Crippen molar-refractivity contribution in [3.63, 3.8) is 0 Å². The van der Waals surface area contributed by atoms with Crippen LogP contribution in [0.15, 0.2) is 24.3 Å². The number of hydroxylamine groups is 2. The van der Waals surface area contributed by atoms with Crippen molar-refractivity contribution in [2.24, 2.45) is 5.41 Å². The number of amides is 1. The second-order valence-corrected chi connectivity index (χ2v) is 6.54. The number of phosphoric acid groups is 1. The number of carbonyl (C=O) groups excluding carboxylic acids is 1. The van der Waals surface area contributed by atoms with Crippen molar-refractivity contribution < 1.29 is 28.9 Å². The van der Waals surface area contributed by atoms with Gasteiger partial charge in [-0.25, -0.2) is 9.63 Å². The van der Waals surface area contributed by atoms with Crippen LogP contribution in [0.25, 0.3) is 0 Å². The first-order valence-electron chi connectivity index (χ1n) is 5.97. The lowest BCUT2D eigenvalue weighted by molar-refractivity contribution is -0.165. The fourth-order valence-electron chi connectivity index (χ4n) is 1.60. The van der Waals surface area contributed by atoms with Gasteiger partial charge in [-0.05, 0) is 25.5 Å². The lowest BCUT2D eigenvalue weighted by Gasteiger charge is -2.16. The maximum atomic E-state index is 11.9. The first-order chi connectivity index (χ1) is 9.50. The molecule has 1 heterocycles. The van der Waals surface area contributed by atoms with Gasteiger partial charge in [-0.3, -0.25) is 9.63 Å². The summed E-state index contributed by atoms with van der Waals surface area (Å²) < 4.78 is 8.88. The van der Waals surface area contributed by atoms with E-state index in [0.717, 1.165) is 5.56 Å². The molecule has 0 spiro atoms. The topological polar surface area (TPSA) is 107 Å². The van der Waals surface area contributed by atoms with Gasteiger partial charge in [-0.15, -0.1) is 0 Å². The summed E-state index contributed by atoms with van der Waals surface area (Å²) in [5, 5.41) is 2.05. The molecule has 0 unspecified atom stereocenters. The number of nitrogens with zero attached hydrogens (tertiary/aromatic N) is 1. The highest BCUT2D eigenvalue weighted by Gasteiger charge is 2.40. The van der Waals surface area contributed by atoms with Gasteiger partial charge < -0.3 is 14.7 Å². The van der Waals surface area contributed by atoms with E-state index in [-0.39, 0.29) is 5.91 Å². The Bertz CT molecular complexity index is 550. The zero-order chi connectivity index (χ0) is 16.3.